The number of nitrogens with one attached hydrogen (secondary N) is 2. The fraction of sp³-hybridized carbons (Fsp3) is 0.833. The van der Waals surface area contributed by atoms with Crippen LogP contribution in [0, 0.1) is 0 Å². The monoisotopic (exact) mass is 132 g/mol. The van der Waals surface area contributed by atoms with Gasteiger partial charge in [0.15, 0.2) is 0 Å². The van der Waals surface area contributed by atoms with E-state index in [2.05, 4.69) is 10.6 Å². The van der Waals surface area contributed by atoms with Crippen molar-refractivity contribution in [1.82, 2.24) is 10.6 Å². The predicted molar refractivity (Wildman–Crippen MR) is 39.1 cm³/mol. The summed E-state index contributed by atoms with van der Waals surface area (Å²) in [5.41, 5.74) is 0. The zero-order chi connectivity index (χ0) is 7.70. The third kappa shape index (κ3) is 18.6. The SMILES string of the molecule is CC.CNCNC(C)=O. The van der Waals surface area contributed by atoms with Crippen molar-refractivity contribution >= 4 is 5.91 Å². The lowest BCUT2D eigenvalue weighted by Crippen LogP contribution is -2.29. The summed E-state index contributed by atoms with van der Waals surface area (Å²) < 4.78 is 0. The molecule has 9 heavy (non-hydrogen) atoms. The van der Waals surface area contributed by atoms with Gasteiger partial charge in [-0.05, 0) is 7.05 Å². The number of amides is 1. The van der Waals surface area contributed by atoms with Crippen molar-refractivity contribution in [1.29, 1.82) is 0 Å². The first kappa shape index (κ1) is 11.3. The Hall–Kier alpha value is -0.570. The Morgan fingerprint density at radius 1 is 1.44 bits per heavy atom. The lowest BCUT2D eigenvalue weighted by molar-refractivity contribution is -0.119. The molecule has 0 spiro atoms. The number of carbonyl (C=O) groups excluding carboxylic acids is 1. The molecule has 0 saturated heterocycles. The largest absolute Gasteiger partial charge is 0.344 e. The van der Waals surface area contributed by atoms with Crippen LogP contribution in [0.4, 0.5) is 0 Å². The molecule has 0 saturated carbocycles. The van der Waals surface area contributed by atoms with Crippen molar-refractivity contribution in [2.45, 2.75) is 20.8 Å². The van der Waals surface area contributed by atoms with Crippen LogP contribution >= 0.6 is 0 Å². The third-order valence-corrected chi connectivity index (χ3v) is 0.514. The van der Waals surface area contributed by atoms with Crippen LogP contribution in [0.15, 0.2) is 0 Å². The summed E-state index contributed by atoms with van der Waals surface area (Å²) in [6, 6.07) is 0. The van der Waals surface area contributed by atoms with Gasteiger partial charge in [0, 0.05) is 6.92 Å². The first-order valence-corrected chi connectivity index (χ1v) is 3.16. The van der Waals surface area contributed by atoms with Crippen molar-refractivity contribution in [2.75, 3.05) is 13.7 Å². The van der Waals surface area contributed by atoms with Gasteiger partial charge in [0.25, 0.3) is 0 Å². The second kappa shape index (κ2) is 10.4. The summed E-state index contributed by atoms with van der Waals surface area (Å²) in [4.78, 5) is 10.1. The van der Waals surface area contributed by atoms with Crippen LogP contribution in [0.3, 0.4) is 0 Å². The normalized spacial score (nSPS) is 7.11. The van der Waals surface area contributed by atoms with E-state index >= 15 is 0 Å². The van der Waals surface area contributed by atoms with E-state index in [1.54, 1.807) is 7.05 Å². The Labute approximate surface area is 56.8 Å². The third-order valence-electron chi connectivity index (χ3n) is 0.514. The maximum Gasteiger partial charge on any atom is 0.217 e. The van der Waals surface area contributed by atoms with E-state index in [0.717, 1.165) is 0 Å². The Morgan fingerprint density at radius 2 is 1.89 bits per heavy atom. The Morgan fingerprint density at radius 3 is 2.00 bits per heavy atom. The molecule has 0 unspecified atom stereocenters. The molecule has 0 atom stereocenters. The van der Waals surface area contributed by atoms with Gasteiger partial charge in [-0.1, -0.05) is 13.8 Å². The summed E-state index contributed by atoms with van der Waals surface area (Å²) in [7, 11) is 1.77. The molecule has 56 valence electrons. The fourth-order valence-electron chi connectivity index (χ4n) is 0.213. The van der Waals surface area contributed by atoms with Gasteiger partial charge in [0.2, 0.25) is 5.91 Å². The smallest absolute Gasteiger partial charge is 0.217 e. The Bertz CT molecular complexity index is 64.1. The van der Waals surface area contributed by atoms with Crippen LogP contribution in [0.2, 0.25) is 0 Å². The molecule has 0 fully saturated rings. The van der Waals surface area contributed by atoms with Gasteiger partial charge in [-0.15, -0.1) is 0 Å². The maximum atomic E-state index is 10.1. The summed E-state index contributed by atoms with van der Waals surface area (Å²) in [5.74, 6) is -0.00523. The van der Waals surface area contributed by atoms with Crippen molar-refractivity contribution in [3.05, 3.63) is 0 Å². The fourth-order valence-corrected chi connectivity index (χ4v) is 0.213. The second-order valence-corrected chi connectivity index (χ2v) is 1.26. The molecule has 0 bridgehead atoms. The van der Waals surface area contributed by atoms with Crippen LogP contribution in [0.25, 0.3) is 0 Å². The molecule has 0 aliphatic heterocycles. The lowest BCUT2D eigenvalue weighted by Gasteiger charge is -1.95. The van der Waals surface area contributed by atoms with Crippen LogP contribution < -0.4 is 10.6 Å². The minimum absolute atomic E-state index is 0.00523. The summed E-state index contributed by atoms with van der Waals surface area (Å²) in [6.45, 7) is 6.03. The summed E-state index contributed by atoms with van der Waals surface area (Å²) in [6.07, 6.45) is 0. The first-order chi connectivity index (χ1) is 4.27. The van der Waals surface area contributed by atoms with Gasteiger partial charge in [0.05, 0.1) is 6.67 Å². The Balaban J connectivity index is 0. The van der Waals surface area contributed by atoms with E-state index in [0.29, 0.717) is 6.67 Å². The number of rotatable bonds is 2. The van der Waals surface area contributed by atoms with Gasteiger partial charge < -0.3 is 10.6 Å². The van der Waals surface area contributed by atoms with Crippen molar-refractivity contribution < 1.29 is 4.79 Å². The average Bonchev–Trinajstić information content (AvgIpc) is 1.88. The second-order valence-electron chi connectivity index (χ2n) is 1.26. The molecule has 3 nitrogen and oxygen atoms in total. The van der Waals surface area contributed by atoms with Gasteiger partial charge in [-0.25, -0.2) is 0 Å². The highest BCUT2D eigenvalue weighted by molar-refractivity contribution is 5.72. The molecule has 0 aromatic rings. The van der Waals surface area contributed by atoms with Gasteiger partial charge in [-0.2, -0.15) is 0 Å². The van der Waals surface area contributed by atoms with E-state index in [9.17, 15) is 4.79 Å². The minimum atomic E-state index is -0.00523. The van der Waals surface area contributed by atoms with E-state index in [1.807, 2.05) is 13.8 Å². The van der Waals surface area contributed by atoms with Crippen LogP contribution in [-0.4, -0.2) is 19.6 Å². The highest BCUT2D eigenvalue weighted by Gasteiger charge is 1.82. The van der Waals surface area contributed by atoms with E-state index in [1.165, 1.54) is 6.92 Å². The van der Waals surface area contributed by atoms with Crippen LogP contribution in [0.5, 0.6) is 0 Å². The molecule has 3 heteroatoms. The van der Waals surface area contributed by atoms with Gasteiger partial charge in [-0.3, -0.25) is 4.79 Å². The average molecular weight is 132 g/mol. The van der Waals surface area contributed by atoms with Crippen LogP contribution in [-0.2, 0) is 4.79 Å². The minimum Gasteiger partial charge on any atom is -0.344 e. The van der Waals surface area contributed by atoms with Gasteiger partial charge in [0.1, 0.15) is 0 Å². The van der Waals surface area contributed by atoms with Crippen molar-refractivity contribution in [3.63, 3.8) is 0 Å². The van der Waals surface area contributed by atoms with E-state index < -0.39 is 0 Å². The standard InChI is InChI=1S/C4H10N2O.C2H6/c1-4(7)6-3-5-2;1-2/h5H,3H2,1-2H3,(H,6,7);1-2H3. The van der Waals surface area contributed by atoms with E-state index in [4.69, 9.17) is 0 Å². The molecule has 0 heterocycles. The molecule has 1 amide bonds. The molecular weight excluding hydrogens is 116 g/mol. The molecule has 0 aromatic heterocycles. The summed E-state index contributed by atoms with van der Waals surface area (Å²) >= 11 is 0. The topological polar surface area (TPSA) is 41.1 Å². The molecule has 0 radical (unpaired) electrons. The molecule has 0 aliphatic carbocycles. The number of hydrogen-bond acceptors (Lipinski definition) is 2. The number of hydrogen-bond donors (Lipinski definition) is 2. The zero-order valence-electron chi connectivity index (χ0n) is 6.62. The molecular formula is C6H16N2O. The van der Waals surface area contributed by atoms with E-state index in [-0.39, 0.29) is 5.91 Å². The highest BCUT2D eigenvalue weighted by Crippen LogP contribution is 1.52. The molecule has 0 rings (SSSR count). The highest BCUT2D eigenvalue weighted by atomic mass is 16.1. The van der Waals surface area contributed by atoms with Crippen LogP contribution in [0.1, 0.15) is 20.8 Å². The zero-order valence-corrected chi connectivity index (χ0v) is 6.62. The quantitative estimate of drug-likeness (QED) is 0.531. The van der Waals surface area contributed by atoms with Gasteiger partial charge >= 0.3 is 0 Å². The predicted octanol–water partition coefficient (Wildman–Crippen LogP) is 0.326. The maximum absolute atomic E-state index is 10.1. The lowest BCUT2D eigenvalue weighted by atomic mass is 10.7. The molecule has 0 aliphatic rings. The summed E-state index contributed by atoms with van der Waals surface area (Å²) in [5, 5.41) is 5.31. The van der Waals surface area contributed by atoms with Crippen molar-refractivity contribution in [3.8, 4) is 0 Å². The molecule has 2 N–H and O–H groups in total. The van der Waals surface area contributed by atoms with Crippen molar-refractivity contribution in [2.24, 2.45) is 0 Å². The first-order valence-electron chi connectivity index (χ1n) is 3.16. The Kier molecular flexibility index (Phi) is 13.0. The number of carbonyl (C=O) groups is 1. The molecule has 0 aromatic carbocycles.